The molecule has 4 nitrogen and oxygen atoms in total. The molecule has 0 fully saturated rings. The molecular weight excluding hydrogens is 333 g/mol. The fourth-order valence-electron chi connectivity index (χ4n) is 1.87. The number of rotatable bonds is 4. The summed E-state index contributed by atoms with van der Waals surface area (Å²) < 4.78 is 5.81. The van der Waals surface area contributed by atoms with E-state index in [1.165, 1.54) is 12.4 Å². The third-order valence-corrected chi connectivity index (χ3v) is 3.86. The molecule has 0 spiro atoms. The first-order chi connectivity index (χ1) is 9.93. The smallest absolute Gasteiger partial charge is 0.227 e. The zero-order valence-electron chi connectivity index (χ0n) is 11.7. The van der Waals surface area contributed by atoms with Crippen LogP contribution in [-0.2, 0) is 0 Å². The molecule has 0 saturated carbocycles. The molecule has 0 radical (unpaired) electrons. The highest BCUT2D eigenvalue weighted by Gasteiger charge is 2.17. The normalized spacial score (nSPS) is 10.8. The fraction of sp³-hybridized carbons (Fsp3) is 0.286. The van der Waals surface area contributed by atoms with Crippen molar-refractivity contribution in [2.24, 2.45) is 0 Å². The van der Waals surface area contributed by atoms with Crippen molar-refractivity contribution < 1.29 is 4.74 Å². The SMILES string of the molecule is CNc1ncnc(Oc2cc(Cl)c(Cl)cc2Cl)c1C(C)C. The Bertz CT molecular complexity index is 662. The molecule has 1 heterocycles. The molecule has 0 aliphatic heterocycles. The average Bonchev–Trinajstić information content (AvgIpc) is 2.44. The van der Waals surface area contributed by atoms with Gasteiger partial charge in [-0.05, 0) is 12.0 Å². The van der Waals surface area contributed by atoms with E-state index in [4.69, 9.17) is 39.5 Å². The van der Waals surface area contributed by atoms with Crippen LogP contribution in [0, 0.1) is 0 Å². The first kappa shape index (κ1) is 16.1. The standard InChI is InChI=1S/C14H14Cl3N3O/c1-7(2)12-13(18-3)19-6-20-14(12)21-11-5-9(16)8(15)4-10(11)17/h4-7H,1-3H3,(H,18,19,20). The maximum Gasteiger partial charge on any atom is 0.227 e. The van der Waals surface area contributed by atoms with Crippen molar-refractivity contribution in [3.8, 4) is 11.6 Å². The summed E-state index contributed by atoms with van der Waals surface area (Å²) in [6, 6.07) is 3.10. The molecular formula is C14H14Cl3N3O. The van der Waals surface area contributed by atoms with E-state index in [0.29, 0.717) is 32.5 Å². The van der Waals surface area contributed by atoms with Crippen LogP contribution in [-0.4, -0.2) is 17.0 Å². The van der Waals surface area contributed by atoms with Crippen LogP contribution < -0.4 is 10.1 Å². The van der Waals surface area contributed by atoms with Crippen LogP contribution in [0.5, 0.6) is 11.6 Å². The van der Waals surface area contributed by atoms with Gasteiger partial charge in [-0.25, -0.2) is 9.97 Å². The van der Waals surface area contributed by atoms with Crippen molar-refractivity contribution >= 4 is 40.6 Å². The summed E-state index contributed by atoms with van der Waals surface area (Å²) in [5.74, 6) is 1.72. The molecule has 1 aromatic carbocycles. The largest absolute Gasteiger partial charge is 0.437 e. The van der Waals surface area contributed by atoms with E-state index in [2.05, 4.69) is 15.3 Å². The van der Waals surface area contributed by atoms with Gasteiger partial charge in [0.1, 0.15) is 17.9 Å². The predicted molar refractivity (Wildman–Crippen MR) is 87.2 cm³/mol. The van der Waals surface area contributed by atoms with Crippen LogP contribution >= 0.6 is 34.8 Å². The van der Waals surface area contributed by atoms with Gasteiger partial charge >= 0.3 is 0 Å². The molecule has 1 N–H and O–H groups in total. The van der Waals surface area contributed by atoms with Gasteiger partial charge < -0.3 is 10.1 Å². The van der Waals surface area contributed by atoms with E-state index < -0.39 is 0 Å². The van der Waals surface area contributed by atoms with Crippen LogP contribution in [0.15, 0.2) is 18.5 Å². The molecule has 0 unspecified atom stereocenters. The first-order valence-electron chi connectivity index (χ1n) is 6.29. The molecule has 0 saturated heterocycles. The molecule has 0 atom stereocenters. The van der Waals surface area contributed by atoms with E-state index in [-0.39, 0.29) is 5.92 Å². The second-order valence-electron chi connectivity index (χ2n) is 4.64. The van der Waals surface area contributed by atoms with Gasteiger partial charge in [-0.15, -0.1) is 0 Å². The van der Waals surface area contributed by atoms with Crippen LogP contribution in [0.3, 0.4) is 0 Å². The summed E-state index contributed by atoms with van der Waals surface area (Å²) in [4.78, 5) is 8.38. The quantitative estimate of drug-likeness (QED) is 0.753. The number of anilines is 1. The Kier molecular flexibility index (Phi) is 5.14. The van der Waals surface area contributed by atoms with Crippen LogP contribution in [0.25, 0.3) is 0 Å². The summed E-state index contributed by atoms with van der Waals surface area (Å²) in [7, 11) is 1.80. The highest BCUT2D eigenvalue weighted by molar-refractivity contribution is 6.43. The second kappa shape index (κ2) is 6.69. The van der Waals surface area contributed by atoms with E-state index in [1.54, 1.807) is 13.1 Å². The van der Waals surface area contributed by atoms with Crippen molar-refractivity contribution in [1.82, 2.24) is 9.97 Å². The molecule has 112 valence electrons. The Labute approximate surface area is 138 Å². The van der Waals surface area contributed by atoms with Crippen molar-refractivity contribution in [2.75, 3.05) is 12.4 Å². The third-order valence-electron chi connectivity index (χ3n) is 2.84. The maximum atomic E-state index is 6.13. The van der Waals surface area contributed by atoms with Gasteiger partial charge in [0.2, 0.25) is 5.88 Å². The number of hydrogen-bond acceptors (Lipinski definition) is 4. The number of halogens is 3. The maximum absolute atomic E-state index is 6.13. The Morgan fingerprint density at radius 3 is 2.33 bits per heavy atom. The lowest BCUT2D eigenvalue weighted by atomic mass is 10.1. The van der Waals surface area contributed by atoms with Gasteiger partial charge in [0.15, 0.2) is 0 Å². The first-order valence-corrected chi connectivity index (χ1v) is 7.42. The molecule has 0 amide bonds. The number of aromatic nitrogens is 2. The minimum atomic E-state index is 0.171. The third kappa shape index (κ3) is 3.51. The summed E-state index contributed by atoms with van der Waals surface area (Å²) in [6.45, 7) is 4.06. The second-order valence-corrected chi connectivity index (χ2v) is 5.87. The van der Waals surface area contributed by atoms with Crippen LogP contribution in [0.1, 0.15) is 25.3 Å². The number of nitrogens with zero attached hydrogens (tertiary/aromatic N) is 2. The number of ether oxygens (including phenoxy) is 1. The molecule has 0 aliphatic carbocycles. The highest BCUT2D eigenvalue weighted by atomic mass is 35.5. The van der Waals surface area contributed by atoms with Gasteiger partial charge in [0, 0.05) is 13.1 Å². The topological polar surface area (TPSA) is 47.0 Å². The van der Waals surface area contributed by atoms with Crippen molar-refractivity contribution in [1.29, 1.82) is 0 Å². The van der Waals surface area contributed by atoms with Gasteiger partial charge in [-0.3, -0.25) is 0 Å². The van der Waals surface area contributed by atoms with Crippen LogP contribution in [0.4, 0.5) is 5.82 Å². The predicted octanol–water partition coefficient (Wildman–Crippen LogP) is 5.39. The molecule has 0 aliphatic rings. The Morgan fingerprint density at radius 2 is 1.71 bits per heavy atom. The van der Waals surface area contributed by atoms with Crippen molar-refractivity contribution in [3.05, 3.63) is 39.1 Å². The lowest BCUT2D eigenvalue weighted by Gasteiger charge is -2.16. The van der Waals surface area contributed by atoms with E-state index in [0.717, 1.165) is 5.56 Å². The summed E-state index contributed by atoms with van der Waals surface area (Å²) in [6.07, 6.45) is 1.43. The van der Waals surface area contributed by atoms with Gasteiger partial charge in [-0.1, -0.05) is 48.7 Å². The van der Waals surface area contributed by atoms with E-state index in [9.17, 15) is 0 Å². The molecule has 2 rings (SSSR count). The number of nitrogens with one attached hydrogen (secondary N) is 1. The average molecular weight is 347 g/mol. The van der Waals surface area contributed by atoms with Crippen molar-refractivity contribution in [2.45, 2.75) is 19.8 Å². The highest BCUT2D eigenvalue weighted by Crippen LogP contribution is 2.38. The molecule has 0 bridgehead atoms. The molecule has 21 heavy (non-hydrogen) atoms. The van der Waals surface area contributed by atoms with Crippen molar-refractivity contribution in [3.63, 3.8) is 0 Å². The Balaban J connectivity index is 2.47. The van der Waals surface area contributed by atoms with Gasteiger partial charge in [-0.2, -0.15) is 0 Å². The Morgan fingerprint density at radius 1 is 1.05 bits per heavy atom. The minimum absolute atomic E-state index is 0.171. The lowest BCUT2D eigenvalue weighted by molar-refractivity contribution is 0.452. The molecule has 7 heteroatoms. The summed E-state index contributed by atoms with van der Waals surface area (Å²) in [5, 5.41) is 4.13. The number of hydrogen-bond donors (Lipinski definition) is 1. The Hall–Kier alpha value is -1.23. The molecule has 1 aromatic heterocycles. The zero-order chi connectivity index (χ0) is 15.6. The summed E-state index contributed by atoms with van der Waals surface area (Å²) >= 11 is 18.0. The minimum Gasteiger partial charge on any atom is -0.437 e. The van der Waals surface area contributed by atoms with Gasteiger partial charge in [0.25, 0.3) is 0 Å². The molecule has 2 aromatic rings. The van der Waals surface area contributed by atoms with Gasteiger partial charge in [0.05, 0.1) is 20.6 Å². The monoisotopic (exact) mass is 345 g/mol. The number of benzene rings is 1. The van der Waals surface area contributed by atoms with E-state index >= 15 is 0 Å². The zero-order valence-corrected chi connectivity index (χ0v) is 14.0. The lowest BCUT2D eigenvalue weighted by Crippen LogP contribution is -2.04. The van der Waals surface area contributed by atoms with E-state index in [1.807, 2.05) is 13.8 Å². The fourth-order valence-corrected chi connectivity index (χ4v) is 2.44. The summed E-state index contributed by atoms with van der Waals surface area (Å²) in [5.41, 5.74) is 0.863. The van der Waals surface area contributed by atoms with Crippen LogP contribution in [0.2, 0.25) is 15.1 Å².